The lowest BCUT2D eigenvalue weighted by Gasteiger charge is -2.25. The normalized spacial score (nSPS) is 30.5. The van der Waals surface area contributed by atoms with Gasteiger partial charge in [-0.25, -0.2) is 0 Å². The zero-order valence-corrected chi connectivity index (χ0v) is 8.48. The number of hydrogen-bond donors (Lipinski definition) is 1. The van der Waals surface area contributed by atoms with Crippen LogP contribution in [0.25, 0.3) is 0 Å². The van der Waals surface area contributed by atoms with Gasteiger partial charge in [0.05, 0.1) is 0 Å². The fourth-order valence-corrected chi connectivity index (χ4v) is 1.38. The van der Waals surface area contributed by atoms with E-state index in [4.69, 9.17) is 0 Å². The molecule has 70 valence electrons. The molecule has 2 unspecified atom stereocenters. The van der Waals surface area contributed by atoms with Crippen molar-refractivity contribution in [2.24, 2.45) is 0 Å². The summed E-state index contributed by atoms with van der Waals surface area (Å²) in [4.78, 5) is 0. The van der Waals surface area contributed by atoms with Crippen LogP contribution in [0.4, 0.5) is 0 Å². The molecule has 0 bridgehead atoms. The summed E-state index contributed by atoms with van der Waals surface area (Å²) in [7, 11) is 0. The van der Waals surface area contributed by atoms with Gasteiger partial charge < -0.3 is 5.32 Å². The summed E-state index contributed by atoms with van der Waals surface area (Å²) in [5.41, 5.74) is 0. The topological polar surface area (TPSA) is 12.0 Å². The summed E-state index contributed by atoms with van der Waals surface area (Å²) in [6.45, 7) is 8.77. The van der Waals surface area contributed by atoms with Gasteiger partial charge in [-0.2, -0.15) is 0 Å². The summed E-state index contributed by atoms with van der Waals surface area (Å²) in [6.07, 6.45) is 5.39. The van der Waals surface area contributed by atoms with Crippen molar-refractivity contribution in [2.75, 3.05) is 0 Å². The molecule has 11 heavy (non-hydrogen) atoms. The van der Waals surface area contributed by atoms with Crippen LogP contribution in [0.15, 0.2) is 0 Å². The van der Waals surface area contributed by atoms with Crippen molar-refractivity contribution < 1.29 is 1.43 Å². The molecule has 1 saturated heterocycles. The maximum absolute atomic E-state index is 3.48. The second-order valence-electron chi connectivity index (χ2n) is 3.61. The zero-order valence-electron chi connectivity index (χ0n) is 8.48. The first-order chi connectivity index (χ1) is 5.20. The molecular formula is C10H25N. The van der Waals surface area contributed by atoms with Crippen LogP contribution in [0.5, 0.6) is 0 Å². The van der Waals surface area contributed by atoms with Gasteiger partial charge in [-0.1, -0.05) is 26.7 Å². The molecule has 0 aromatic heterocycles. The van der Waals surface area contributed by atoms with Crippen molar-refractivity contribution >= 4 is 0 Å². The van der Waals surface area contributed by atoms with Crippen LogP contribution in [0.3, 0.4) is 0 Å². The van der Waals surface area contributed by atoms with E-state index in [1.54, 1.807) is 0 Å². The van der Waals surface area contributed by atoms with E-state index < -0.39 is 0 Å². The van der Waals surface area contributed by atoms with E-state index in [0.29, 0.717) is 0 Å². The van der Waals surface area contributed by atoms with E-state index in [2.05, 4.69) is 33.0 Å². The van der Waals surface area contributed by atoms with Crippen molar-refractivity contribution in [2.45, 2.75) is 65.5 Å². The van der Waals surface area contributed by atoms with Crippen LogP contribution >= 0.6 is 0 Å². The fraction of sp³-hybridized carbons (Fsp3) is 1.00. The number of piperidine rings is 1. The van der Waals surface area contributed by atoms with E-state index in [1.807, 2.05) is 0 Å². The highest BCUT2D eigenvalue weighted by Crippen LogP contribution is 2.10. The van der Waals surface area contributed by atoms with Crippen LogP contribution < -0.4 is 5.32 Å². The third-order valence-electron chi connectivity index (χ3n) is 1.84. The summed E-state index contributed by atoms with van der Waals surface area (Å²) < 4.78 is 0. The molecule has 1 aliphatic heterocycles. The Balaban J connectivity index is 0. The van der Waals surface area contributed by atoms with Gasteiger partial charge in [0.2, 0.25) is 0 Å². The summed E-state index contributed by atoms with van der Waals surface area (Å²) in [5, 5.41) is 3.48. The molecule has 0 aliphatic carbocycles. The van der Waals surface area contributed by atoms with E-state index in [0.717, 1.165) is 12.1 Å². The lowest BCUT2D eigenvalue weighted by Crippen LogP contribution is -2.38. The first-order valence-electron chi connectivity index (χ1n) is 4.96. The SMILES string of the molecule is CC1CCCC(C)N1.CCC.[HH]. The quantitative estimate of drug-likeness (QED) is 0.572. The molecule has 1 aliphatic rings. The Labute approximate surface area is 73.1 Å². The second-order valence-corrected chi connectivity index (χ2v) is 3.61. The maximum Gasteiger partial charge on any atom is 0.00412 e. The molecule has 1 heteroatoms. The van der Waals surface area contributed by atoms with Crippen LogP contribution in [0.2, 0.25) is 0 Å². The van der Waals surface area contributed by atoms with E-state index in [9.17, 15) is 0 Å². The molecule has 0 aromatic carbocycles. The average Bonchev–Trinajstić information content (AvgIpc) is 1.88. The Hall–Kier alpha value is -0.0400. The molecule has 1 fully saturated rings. The maximum atomic E-state index is 3.48. The van der Waals surface area contributed by atoms with Crippen LogP contribution in [-0.4, -0.2) is 12.1 Å². The number of hydrogen-bond acceptors (Lipinski definition) is 1. The van der Waals surface area contributed by atoms with Crippen molar-refractivity contribution in [1.82, 2.24) is 5.32 Å². The largest absolute Gasteiger partial charge is 0.312 e. The predicted octanol–water partition coefficient (Wildman–Crippen LogP) is 3.20. The first kappa shape index (κ1) is 11.0. The van der Waals surface area contributed by atoms with Gasteiger partial charge in [-0.15, -0.1) is 0 Å². The van der Waals surface area contributed by atoms with Crippen LogP contribution in [0, 0.1) is 0 Å². The van der Waals surface area contributed by atoms with Crippen molar-refractivity contribution in [3.8, 4) is 0 Å². The molecule has 0 radical (unpaired) electrons. The summed E-state index contributed by atoms with van der Waals surface area (Å²) >= 11 is 0. The van der Waals surface area contributed by atoms with E-state index in [1.165, 1.54) is 25.7 Å². The minimum absolute atomic E-state index is 0. The standard InChI is InChI=1S/C7H15N.C3H8.H2/c1-6-4-3-5-7(2)8-6;1-3-2;/h6-8H,3-5H2,1-2H3;3H2,1-2H3;1H. The molecule has 0 saturated carbocycles. The Morgan fingerprint density at radius 1 is 1.18 bits per heavy atom. The van der Waals surface area contributed by atoms with Gasteiger partial charge in [-0.3, -0.25) is 0 Å². The van der Waals surface area contributed by atoms with Crippen molar-refractivity contribution in [3.63, 3.8) is 0 Å². The lowest BCUT2D eigenvalue weighted by molar-refractivity contribution is 0.352. The number of nitrogens with one attached hydrogen (secondary N) is 1. The van der Waals surface area contributed by atoms with Gasteiger partial charge >= 0.3 is 0 Å². The molecule has 2 atom stereocenters. The fourth-order valence-electron chi connectivity index (χ4n) is 1.38. The second kappa shape index (κ2) is 6.66. The van der Waals surface area contributed by atoms with Gasteiger partial charge in [0.1, 0.15) is 0 Å². The molecule has 0 amide bonds. The minimum atomic E-state index is 0. The first-order valence-corrected chi connectivity index (χ1v) is 4.96. The molecule has 1 N–H and O–H groups in total. The Bertz CT molecular complexity index is 77.9. The molecule has 0 aromatic rings. The Morgan fingerprint density at radius 3 is 1.73 bits per heavy atom. The molecular weight excluding hydrogens is 134 g/mol. The van der Waals surface area contributed by atoms with E-state index >= 15 is 0 Å². The highest BCUT2D eigenvalue weighted by atomic mass is 14.9. The third kappa shape index (κ3) is 6.36. The molecule has 1 rings (SSSR count). The Kier molecular flexibility index (Phi) is 6.63. The molecule has 1 nitrogen and oxygen atoms in total. The zero-order chi connectivity index (χ0) is 8.69. The summed E-state index contributed by atoms with van der Waals surface area (Å²) in [6, 6.07) is 1.53. The third-order valence-corrected chi connectivity index (χ3v) is 1.84. The molecule has 0 spiro atoms. The lowest BCUT2D eigenvalue weighted by atomic mass is 10.0. The Morgan fingerprint density at radius 2 is 1.55 bits per heavy atom. The van der Waals surface area contributed by atoms with Gasteiger partial charge in [0.15, 0.2) is 0 Å². The van der Waals surface area contributed by atoms with Gasteiger partial charge in [0.25, 0.3) is 0 Å². The average molecular weight is 159 g/mol. The molecule has 1 heterocycles. The minimum Gasteiger partial charge on any atom is -0.312 e. The summed E-state index contributed by atoms with van der Waals surface area (Å²) in [5.74, 6) is 0. The highest BCUT2D eigenvalue weighted by molar-refractivity contribution is 4.73. The monoisotopic (exact) mass is 159 g/mol. The van der Waals surface area contributed by atoms with Gasteiger partial charge in [0, 0.05) is 13.5 Å². The van der Waals surface area contributed by atoms with Crippen molar-refractivity contribution in [1.29, 1.82) is 0 Å². The highest BCUT2D eigenvalue weighted by Gasteiger charge is 2.11. The predicted molar refractivity (Wildman–Crippen MR) is 54.0 cm³/mol. The van der Waals surface area contributed by atoms with Gasteiger partial charge in [-0.05, 0) is 26.7 Å². The van der Waals surface area contributed by atoms with Crippen LogP contribution in [-0.2, 0) is 0 Å². The smallest absolute Gasteiger partial charge is 0.00412 e. The van der Waals surface area contributed by atoms with Crippen LogP contribution in [0.1, 0.15) is 54.8 Å². The van der Waals surface area contributed by atoms with E-state index in [-0.39, 0.29) is 1.43 Å². The van der Waals surface area contributed by atoms with Crippen molar-refractivity contribution in [3.05, 3.63) is 0 Å². The number of rotatable bonds is 0.